The molecule has 1 atom stereocenters. The van der Waals surface area contributed by atoms with Crippen molar-refractivity contribution in [3.8, 4) is 0 Å². The smallest absolute Gasteiger partial charge is 0.311 e. The normalized spacial score (nSPS) is 20.9. The summed E-state index contributed by atoms with van der Waals surface area (Å²) < 4.78 is 0. The van der Waals surface area contributed by atoms with E-state index < -0.39 is 0 Å². The highest BCUT2D eigenvalue weighted by atomic mass is 32.1. The van der Waals surface area contributed by atoms with Crippen LogP contribution in [0.4, 0.5) is 5.00 Å². The standard InChI is InChI=1S/C11H17N3O2S/c1-13-4-2-3-10(13)7-12-6-9-5-11(14(15)16)17-8-9/h5,8,10,12H,2-4,6-7H2,1H3. The van der Waals surface area contributed by atoms with Crippen molar-refractivity contribution in [3.63, 3.8) is 0 Å². The second kappa shape index (κ2) is 5.57. The van der Waals surface area contributed by atoms with Crippen LogP contribution in [0.2, 0.25) is 0 Å². The molecular formula is C11H17N3O2S. The summed E-state index contributed by atoms with van der Waals surface area (Å²) >= 11 is 1.19. The summed E-state index contributed by atoms with van der Waals surface area (Å²) in [7, 11) is 2.15. The molecule has 2 heterocycles. The van der Waals surface area contributed by atoms with Gasteiger partial charge in [0.05, 0.1) is 4.92 Å². The van der Waals surface area contributed by atoms with Gasteiger partial charge in [-0.2, -0.15) is 0 Å². The molecule has 2 rings (SSSR count). The Balaban J connectivity index is 1.76. The monoisotopic (exact) mass is 255 g/mol. The average Bonchev–Trinajstić information content (AvgIpc) is 2.89. The number of nitrogens with one attached hydrogen (secondary N) is 1. The first-order valence-electron chi connectivity index (χ1n) is 5.79. The van der Waals surface area contributed by atoms with Gasteiger partial charge in [-0.25, -0.2) is 0 Å². The Hall–Kier alpha value is -0.980. The van der Waals surface area contributed by atoms with Gasteiger partial charge >= 0.3 is 5.00 Å². The third-order valence-corrected chi connectivity index (χ3v) is 4.13. The number of likely N-dealkylation sites (tertiary alicyclic amines) is 1. The molecule has 1 saturated heterocycles. The Labute approximate surface area is 105 Å². The van der Waals surface area contributed by atoms with Crippen molar-refractivity contribution in [1.82, 2.24) is 10.2 Å². The molecule has 0 aromatic carbocycles. The van der Waals surface area contributed by atoms with E-state index in [4.69, 9.17) is 0 Å². The Kier molecular flexibility index (Phi) is 4.09. The van der Waals surface area contributed by atoms with Crippen molar-refractivity contribution < 1.29 is 4.92 Å². The van der Waals surface area contributed by atoms with Crippen LogP contribution in [0.1, 0.15) is 18.4 Å². The van der Waals surface area contributed by atoms with Gasteiger partial charge in [-0.1, -0.05) is 11.3 Å². The molecule has 1 aromatic rings. The molecular weight excluding hydrogens is 238 g/mol. The number of hydrogen-bond donors (Lipinski definition) is 1. The van der Waals surface area contributed by atoms with E-state index in [0.29, 0.717) is 12.6 Å². The highest BCUT2D eigenvalue weighted by Gasteiger charge is 2.20. The van der Waals surface area contributed by atoms with Crippen molar-refractivity contribution in [2.75, 3.05) is 20.1 Å². The van der Waals surface area contributed by atoms with Crippen LogP contribution in [0, 0.1) is 10.1 Å². The fourth-order valence-corrected chi connectivity index (χ4v) is 2.90. The Morgan fingerprint density at radius 3 is 3.12 bits per heavy atom. The summed E-state index contributed by atoms with van der Waals surface area (Å²) in [4.78, 5) is 12.6. The topological polar surface area (TPSA) is 58.4 Å². The number of likely N-dealkylation sites (N-methyl/N-ethyl adjacent to an activating group) is 1. The zero-order valence-electron chi connectivity index (χ0n) is 9.89. The molecule has 6 heteroatoms. The van der Waals surface area contributed by atoms with Crippen LogP contribution >= 0.6 is 11.3 Å². The summed E-state index contributed by atoms with van der Waals surface area (Å²) in [6.45, 7) is 2.85. The van der Waals surface area contributed by atoms with Crippen molar-refractivity contribution in [3.05, 3.63) is 27.1 Å². The summed E-state index contributed by atoms with van der Waals surface area (Å²) in [5.74, 6) is 0. The van der Waals surface area contributed by atoms with Gasteiger partial charge in [0.15, 0.2) is 0 Å². The zero-order chi connectivity index (χ0) is 12.3. The van der Waals surface area contributed by atoms with E-state index in [1.165, 1.54) is 30.7 Å². The molecule has 0 saturated carbocycles. The summed E-state index contributed by atoms with van der Waals surface area (Å²) in [6, 6.07) is 2.26. The SMILES string of the molecule is CN1CCCC1CNCc1csc([N+](=O)[O-])c1. The van der Waals surface area contributed by atoms with E-state index in [1.54, 1.807) is 6.07 Å². The number of rotatable bonds is 5. The summed E-state index contributed by atoms with van der Waals surface area (Å²) in [6.07, 6.45) is 2.51. The predicted octanol–water partition coefficient (Wildman–Crippen LogP) is 1.84. The zero-order valence-corrected chi connectivity index (χ0v) is 10.7. The van der Waals surface area contributed by atoms with Crippen LogP contribution in [0.15, 0.2) is 11.4 Å². The van der Waals surface area contributed by atoms with Gasteiger partial charge in [0, 0.05) is 30.6 Å². The molecule has 17 heavy (non-hydrogen) atoms. The van der Waals surface area contributed by atoms with Crippen LogP contribution in [-0.4, -0.2) is 36.0 Å². The minimum absolute atomic E-state index is 0.222. The first-order chi connectivity index (χ1) is 8.16. The quantitative estimate of drug-likeness (QED) is 0.644. The van der Waals surface area contributed by atoms with Gasteiger partial charge in [0.1, 0.15) is 0 Å². The molecule has 94 valence electrons. The maximum Gasteiger partial charge on any atom is 0.324 e. The highest BCUT2D eigenvalue weighted by molar-refractivity contribution is 7.13. The molecule has 1 fully saturated rings. The largest absolute Gasteiger partial charge is 0.324 e. The number of thiophene rings is 1. The van der Waals surface area contributed by atoms with Crippen LogP contribution in [0.3, 0.4) is 0 Å². The lowest BCUT2D eigenvalue weighted by Crippen LogP contribution is -2.35. The van der Waals surface area contributed by atoms with Crippen LogP contribution < -0.4 is 5.32 Å². The predicted molar refractivity (Wildman–Crippen MR) is 68.3 cm³/mol. The van der Waals surface area contributed by atoms with Crippen molar-refractivity contribution >= 4 is 16.3 Å². The summed E-state index contributed by atoms with van der Waals surface area (Å²) in [5, 5.41) is 16.0. The van der Waals surface area contributed by atoms with E-state index >= 15 is 0 Å². The Morgan fingerprint density at radius 1 is 1.71 bits per heavy atom. The molecule has 0 aliphatic carbocycles. The highest BCUT2D eigenvalue weighted by Crippen LogP contribution is 2.22. The molecule has 0 radical (unpaired) electrons. The molecule has 0 spiro atoms. The van der Waals surface area contributed by atoms with Gasteiger partial charge in [-0.3, -0.25) is 10.1 Å². The fourth-order valence-electron chi connectivity index (χ4n) is 2.17. The fraction of sp³-hybridized carbons (Fsp3) is 0.636. The van der Waals surface area contributed by atoms with Crippen LogP contribution in [-0.2, 0) is 6.54 Å². The van der Waals surface area contributed by atoms with E-state index in [0.717, 1.165) is 12.1 Å². The maximum atomic E-state index is 10.5. The third kappa shape index (κ3) is 3.24. The second-order valence-corrected chi connectivity index (χ2v) is 5.35. The number of hydrogen-bond acceptors (Lipinski definition) is 5. The van der Waals surface area contributed by atoms with Crippen molar-refractivity contribution in [2.24, 2.45) is 0 Å². The van der Waals surface area contributed by atoms with E-state index in [9.17, 15) is 10.1 Å². The molecule has 0 bridgehead atoms. The van der Waals surface area contributed by atoms with Gasteiger partial charge in [0.25, 0.3) is 0 Å². The number of nitro groups is 1. The van der Waals surface area contributed by atoms with E-state index in [2.05, 4.69) is 17.3 Å². The Morgan fingerprint density at radius 2 is 2.53 bits per heavy atom. The minimum atomic E-state index is -0.334. The lowest BCUT2D eigenvalue weighted by Gasteiger charge is -2.19. The van der Waals surface area contributed by atoms with Crippen molar-refractivity contribution in [1.29, 1.82) is 0 Å². The molecule has 0 amide bonds. The maximum absolute atomic E-state index is 10.5. The summed E-state index contributed by atoms with van der Waals surface area (Å²) in [5.41, 5.74) is 1.00. The van der Waals surface area contributed by atoms with Crippen LogP contribution in [0.25, 0.3) is 0 Å². The lowest BCUT2D eigenvalue weighted by atomic mass is 10.2. The van der Waals surface area contributed by atoms with E-state index in [-0.39, 0.29) is 9.92 Å². The molecule has 1 aliphatic heterocycles. The first-order valence-corrected chi connectivity index (χ1v) is 6.67. The molecule has 1 aliphatic rings. The van der Waals surface area contributed by atoms with Crippen molar-refractivity contribution in [2.45, 2.75) is 25.4 Å². The second-order valence-electron chi connectivity index (χ2n) is 4.46. The number of nitrogens with zero attached hydrogens (tertiary/aromatic N) is 2. The lowest BCUT2D eigenvalue weighted by molar-refractivity contribution is -0.380. The average molecular weight is 255 g/mol. The molecule has 1 N–H and O–H groups in total. The van der Waals surface area contributed by atoms with Crippen LogP contribution in [0.5, 0.6) is 0 Å². The van der Waals surface area contributed by atoms with Gasteiger partial charge in [-0.05, 0) is 32.0 Å². The molecule has 1 aromatic heterocycles. The van der Waals surface area contributed by atoms with Gasteiger partial charge in [-0.15, -0.1) is 0 Å². The third-order valence-electron chi connectivity index (χ3n) is 3.20. The minimum Gasteiger partial charge on any atom is -0.311 e. The van der Waals surface area contributed by atoms with Gasteiger partial charge < -0.3 is 10.2 Å². The molecule has 5 nitrogen and oxygen atoms in total. The first kappa shape index (κ1) is 12.5. The van der Waals surface area contributed by atoms with E-state index in [1.807, 2.05) is 5.38 Å². The molecule has 1 unspecified atom stereocenters. The van der Waals surface area contributed by atoms with Gasteiger partial charge in [0.2, 0.25) is 0 Å². The Bertz CT molecular complexity index is 394.